The molecule has 4 nitrogen and oxygen atoms in total. The van der Waals surface area contributed by atoms with Crippen molar-refractivity contribution in [2.24, 2.45) is 7.05 Å². The predicted octanol–water partition coefficient (Wildman–Crippen LogP) is 1.17. The van der Waals surface area contributed by atoms with Crippen LogP contribution in [-0.4, -0.2) is 19.6 Å². The van der Waals surface area contributed by atoms with Gasteiger partial charge in [0, 0.05) is 31.7 Å². The van der Waals surface area contributed by atoms with Crippen molar-refractivity contribution < 1.29 is 0 Å². The van der Waals surface area contributed by atoms with Gasteiger partial charge in [0.2, 0.25) is 0 Å². The molecule has 0 unspecified atom stereocenters. The summed E-state index contributed by atoms with van der Waals surface area (Å²) in [7, 11) is 1.93. The summed E-state index contributed by atoms with van der Waals surface area (Å²) in [6.07, 6.45) is 6.76. The maximum absolute atomic E-state index is 4.23. The first-order chi connectivity index (χ1) is 6.75. The Labute approximate surface area is 83.2 Å². The Morgan fingerprint density at radius 3 is 2.79 bits per heavy atom. The summed E-state index contributed by atoms with van der Waals surface area (Å²) in [4.78, 5) is 0. The van der Waals surface area contributed by atoms with Gasteiger partial charge in [-0.15, -0.1) is 0 Å². The molecule has 0 spiro atoms. The molecule has 0 aromatic carbocycles. The van der Waals surface area contributed by atoms with Crippen LogP contribution >= 0.6 is 0 Å². The van der Waals surface area contributed by atoms with Gasteiger partial charge in [0.25, 0.3) is 0 Å². The summed E-state index contributed by atoms with van der Waals surface area (Å²) in [6.45, 7) is 2.99. The summed E-state index contributed by atoms with van der Waals surface area (Å²) in [6, 6.07) is 2.02. The maximum atomic E-state index is 4.23. The van der Waals surface area contributed by atoms with Gasteiger partial charge in [-0.2, -0.15) is 10.2 Å². The number of rotatable bonds is 3. The molecule has 0 bridgehead atoms. The van der Waals surface area contributed by atoms with Gasteiger partial charge >= 0.3 is 0 Å². The van der Waals surface area contributed by atoms with Crippen LogP contribution in [-0.2, 0) is 20.0 Å². The third-order valence-electron chi connectivity index (χ3n) is 2.30. The van der Waals surface area contributed by atoms with Crippen LogP contribution in [0.5, 0.6) is 0 Å². The first-order valence-corrected chi connectivity index (χ1v) is 4.71. The monoisotopic (exact) mass is 190 g/mol. The second-order valence-electron chi connectivity index (χ2n) is 3.47. The zero-order chi connectivity index (χ0) is 9.97. The average molecular weight is 190 g/mol. The molecule has 2 heterocycles. The molecule has 0 amide bonds. The first kappa shape index (κ1) is 8.99. The van der Waals surface area contributed by atoms with E-state index in [4.69, 9.17) is 0 Å². The van der Waals surface area contributed by atoms with Crippen LogP contribution in [0.3, 0.4) is 0 Å². The molecule has 4 heteroatoms. The SMILES string of the molecule is Cc1ccnn1CCc1cnn(C)c1. The number of nitrogens with zero attached hydrogens (tertiary/aromatic N) is 4. The molecular formula is C10H14N4. The van der Waals surface area contributed by atoms with Crippen LogP contribution in [0.4, 0.5) is 0 Å². The fraction of sp³-hybridized carbons (Fsp3) is 0.400. The third kappa shape index (κ3) is 1.84. The van der Waals surface area contributed by atoms with E-state index < -0.39 is 0 Å². The van der Waals surface area contributed by atoms with E-state index in [0.29, 0.717) is 0 Å². The van der Waals surface area contributed by atoms with E-state index in [2.05, 4.69) is 17.1 Å². The maximum Gasteiger partial charge on any atom is 0.0522 e. The van der Waals surface area contributed by atoms with Crippen LogP contribution in [0.15, 0.2) is 24.7 Å². The zero-order valence-electron chi connectivity index (χ0n) is 8.51. The highest BCUT2D eigenvalue weighted by atomic mass is 15.3. The molecule has 2 aromatic heterocycles. The number of hydrogen-bond donors (Lipinski definition) is 0. The second kappa shape index (κ2) is 3.65. The Balaban J connectivity index is 1.98. The molecule has 14 heavy (non-hydrogen) atoms. The van der Waals surface area contributed by atoms with Gasteiger partial charge in [-0.3, -0.25) is 9.36 Å². The molecule has 0 saturated heterocycles. The van der Waals surface area contributed by atoms with Crippen LogP contribution in [0.2, 0.25) is 0 Å². The highest BCUT2D eigenvalue weighted by Gasteiger charge is 1.99. The Morgan fingerprint density at radius 2 is 2.21 bits per heavy atom. The highest BCUT2D eigenvalue weighted by Crippen LogP contribution is 2.02. The van der Waals surface area contributed by atoms with Crippen molar-refractivity contribution in [1.82, 2.24) is 19.6 Å². The lowest BCUT2D eigenvalue weighted by Gasteiger charge is -2.01. The van der Waals surface area contributed by atoms with Crippen LogP contribution < -0.4 is 0 Å². The Kier molecular flexibility index (Phi) is 2.35. The van der Waals surface area contributed by atoms with E-state index in [1.807, 2.05) is 41.1 Å². The summed E-state index contributed by atoms with van der Waals surface area (Å²) >= 11 is 0. The first-order valence-electron chi connectivity index (χ1n) is 4.71. The molecule has 0 aliphatic rings. The molecule has 0 aliphatic carbocycles. The van der Waals surface area contributed by atoms with Crippen LogP contribution in [0.1, 0.15) is 11.3 Å². The molecule has 0 atom stereocenters. The fourth-order valence-corrected chi connectivity index (χ4v) is 1.47. The fourth-order valence-electron chi connectivity index (χ4n) is 1.47. The molecule has 0 radical (unpaired) electrons. The molecule has 0 N–H and O–H groups in total. The standard InChI is InChI=1S/C10H14N4/c1-9-3-5-11-14(9)6-4-10-7-12-13(2)8-10/h3,5,7-8H,4,6H2,1-2H3. The summed E-state index contributed by atoms with van der Waals surface area (Å²) in [5.41, 5.74) is 2.45. The van der Waals surface area contributed by atoms with E-state index in [-0.39, 0.29) is 0 Å². The highest BCUT2D eigenvalue weighted by molar-refractivity contribution is 5.04. The van der Waals surface area contributed by atoms with E-state index in [1.54, 1.807) is 0 Å². The van der Waals surface area contributed by atoms with Crippen molar-refractivity contribution in [3.63, 3.8) is 0 Å². The van der Waals surface area contributed by atoms with E-state index >= 15 is 0 Å². The third-order valence-corrected chi connectivity index (χ3v) is 2.30. The Hall–Kier alpha value is -1.58. The van der Waals surface area contributed by atoms with E-state index in [1.165, 1.54) is 11.3 Å². The minimum absolute atomic E-state index is 0.921. The van der Waals surface area contributed by atoms with Crippen molar-refractivity contribution in [1.29, 1.82) is 0 Å². The second-order valence-corrected chi connectivity index (χ2v) is 3.47. The zero-order valence-corrected chi connectivity index (χ0v) is 8.51. The van der Waals surface area contributed by atoms with Crippen LogP contribution in [0, 0.1) is 6.92 Å². The van der Waals surface area contributed by atoms with Gasteiger partial charge in [-0.25, -0.2) is 0 Å². The van der Waals surface area contributed by atoms with Gasteiger partial charge in [0.15, 0.2) is 0 Å². The lowest BCUT2D eigenvalue weighted by atomic mass is 10.2. The van der Waals surface area contributed by atoms with Crippen molar-refractivity contribution in [3.05, 3.63) is 35.9 Å². The van der Waals surface area contributed by atoms with Crippen molar-refractivity contribution in [2.75, 3.05) is 0 Å². The van der Waals surface area contributed by atoms with Gasteiger partial charge in [0.1, 0.15) is 0 Å². The van der Waals surface area contributed by atoms with E-state index in [9.17, 15) is 0 Å². The molecule has 2 aromatic rings. The minimum atomic E-state index is 0.921. The molecule has 0 fully saturated rings. The molecular weight excluding hydrogens is 176 g/mol. The molecule has 74 valence electrons. The average Bonchev–Trinajstić information content (AvgIpc) is 2.72. The Bertz CT molecular complexity index is 413. The van der Waals surface area contributed by atoms with Crippen molar-refractivity contribution in [3.8, 4) is 0 Å². The van der Waals surface area contributed by atoms with Gasteiger partial charge in [-0.1, -0.05) is 0 Å². The molecule has 0 aliphatic heterocycles. The van der Waals surface area contributed by atoms with Gasteiger partial charge in [-0.05, 0) is 25.0 Å². The molecule has 0 saturated carbocycles. The predicted molar refractivity (Wildman–Crippen MR) is 53.9 cm³/mol. The number of aromatic nitrogens is 4. The quantitative estimate of drug-likeness (QED) is 0.728. The summed E-state index contributed by atoms with van der Waals surface area (Å²) in [5.74, 6) is 0. The molecule has 2 rings (SSSR count). The lowest BCUT2D eigenvalue weighted by molar-refractivity contribution is 0.598. The minimum Gasteiger partial charge on any atom is -0.276 e. The normalized spacial score (nSPS) is 10.7. The van der Waals surface area contributed by atoms with Crippen molar-refractivity contribution >= 4 is 0 Å². The lowest BCUT2D eigenvalue weighted by Crippen LogP contribution is -2.04. The van der Waals surface area contributed by atoms with Gasteiger partial charge < -0.3 is 0 Å². The smallest absolute Gasteiger partial charge is 0.0522 e. The number of aryl methyl sites for hydroxylation is 4. The van der Waals surface area contributed by atoms with Crippen molar-refractivity contribution in [2.45, 2.75) is 19.9 Å². The van der Waals surface area contributed by atoms with Gasteiger partial charge in [0.05, 0.1) is 6.20 Å². The Morgan fingerprint density at radius 1 is 1.36 bits per heavy atom. The van der Waals surface area contributed by atoms with E-state index in [0.717, 1.165) is 13.0 Å². The van der Waals surface area contributed by atoms with Crippen LogP contribution in [0.25, 0.3) is 0 Å². The number of hydrogen-bond acceptors (Lipinski definition) is 2. The topological polar surface area (TPSA) is 35.6 Å². The summed E-state index contributed by atoms with van der Waals surface area (Å²) in [5, 5.41) is 8.35. The summed E-state index contributed by atoms with van der Waals surface area (Å²) < 4.78 is 3.83. The largest absolute Gasteiger partial charge is 0.276 e.